The molecular weight excluding hydrogens is 218 g/mol. The Morgan fingerprint density at radius 2 is 1.53 bits per heavy atom. The average Bonchev–Trinajstić information content (AvgIpc) is 2.21. The van der Waals surface area contributed by atoms with E-state index in [0.29, 0.717) is 11.8 Å². The Hall–Kier alpha value is -1.06. The molecule has 0 radical (unpaired) electrons. The molecule has 0 aliphatic heterocycles. The summed E-state index contributed by atoms with van der Waals surface area (Å²) < 4.78 is 0. The van der Waals surface area contributed by atoms with Crippen molar-refractivity contribution in [1.29, 1.82) is 0 Å². The zero-order chi connectivity index (χ0) is 12.2. The number of hydrogen-bond donors (Lipinski definition) is 2. The van der Waals surface area contributed by atoms with Crippen LogP contribution in [0.1, 0.15) is 39.0 Å². The smallest absolute Gasteiger partial charge is 0.329 e. The summed E-state index contributed by atoms with van der Waals surface area (Å²) >= 11 is 0. The predicted molar refractivity (Wildman–Crippen MR) is 61.2 cm³/mol. The van der Waals surface area contributed by atoms with Gasteiger partial charge < -0.3 is 10.4 Å². The molecular formula is C13H19NO3. The first-order valence-electron chi connectivity index (χ1n) is 6.54. The van der Waals surface area contributed by atoms with Crippen molar-refractivity contribution in [3.63, 3.8) is 0 Å². The molecule has 0 aromatic heterocycles. The third kappa shape index (κ3) is 1.42. The molecule has 4 saturated carbocycles. The number of hydrogen-bond acceptors (Lipinski definition) is 2. The normalized spacial score (nSPS) is 46.9. The Morgan fingerprint density at radius 3 is 1.88 bits per heavy atom. The minimum atomic E-state index is -0.959. The molecule has 2 N–H and O–H groups in total. The fourth-order valence-electron chi connectivity index (χ4n) is 4.83. The van der Waals surface area contributed by atoms with Crippen molar-refractivity contribution in [2.24, 2.45) is 23.7 Å². The fraction of sp³-hybridized carbons (Fsp3) is 0.846. The van der Waals surface area contributed by atoms with E-state index in [-0.39, 0.29) is 17.7 Å². The van der Waals surface area contributed by atoms with Crippen LogP contribution >= 0.6 is 0 Å². The third-order valence-corrected chi connectivity index (χ3v) is 5.16. The molecule has 4 aliphatic carbocycles. The highest BCUT2D eigenvalue weighted by molar-refractivity contribution is 5.87. The van der Waals surface area contributed by atoms with E-state index in [0.717, 1.165) is 25.7 Å². The molecule has 4 nitrogen and oxygen atoms in total. The predicted octanol–water partition coefficient (Wildman–Crippen LogP) is 1.40. The summed E-state index contributed by atoms with van der Waals surface area (Å²) in [4.78, 5) is 23.1. The van der Waals surface area contributed by atoms with Crippen molar-refractivity contribution >= 4 is 11.9 Å². The van der Waals surface area contributed by atoms with Gasteiger partial charge in [0.25, 0.3) is 0 Å². The highest BCUT2D eigenvalue weighted by atomic mass is 16.4. The number of carboxylic acids is 1. The summed E-state index contributed by atoms with van der Waals surface area (Å²) in [7, 11) is 0. The molecule has 4 aliphatic rings. The Labute approximate surface area is 101 Å². The molecule has 0 atom stereocenters. The lowest BCUT2D eigenvalue weighted by atomic mass is 9.48. The number of rotatable bonds is 2. The number of nitrogens with one attached hydrogen (secondary N) is 1. The highest BCUT2D eigenvalue weighted by Crippen LogP contribution is 2.58. The van der Waals surface area contributed by atoms with E-state index < -0.39 is 11.5 Å². The third-order valence-electron chi connectivity index (χ3n) is 5.16. The molecule has 4 fully saturated rings. The van der Waals surface area contributed by atoms with Crippen LogP contribution in [0.4, 0.5) is 0 Å². The van der Waals surface area contributed by atoms with E-state index in [1.807, 2.05) is 0 Å². The number of carbonyl (C=O) groups excluding carboxylic acids is 1. The topological polar surface area (TPSA) is 66.4 Å². The largest absolute Gasteiger partial charge is 0.479 e. The molecule has 1 amide bonds. The summed E-state index contributed by atoms with van der Waals surface area (Å²) in [5.74, 6) is 0.694. The number of carboxylic acid groups (broad SMARTS) is 1. The molecule has 4 heteroatoms. The maximum absolute atomic E-state index is 11.7. The monoisotopic (exact) mass is 237 g/mol. The highest BCUT2D eigenvalue weighted by Gasteiger charge is 2.61. The summed E-state index contributed by atoms with van der Waals surface area (Å²) in [5, 5.41) is 12.4. The second kappa shape index (κ2) is 3.47. The van der Waals surface area contributed by atoms with Gasteiger partial charge in [-0.15, -0.1) is 0 Å². The standard InChI is InChI=1S/C13H19NO3/c1-7(15)14-13(12(16)17)10-3-8-2-9(5-10)6-11(13)4-8/h8-11H,2-6H2,1H3,(H,14,15)(H,16,17). The van der Waals surface area contributed by atoms with Crippen LogP contribution in [0.5, 0.6) is 0 Å². The second-order valence-corrected chi connectivity index (χ2v) is 6.16. The van der Waals surface area contributed by atoms with E-state index in [1.165, 1.54) is 13.3 Å². The Kier molecular flexibility index (Phi) is 2.25. The molecule has 0 aromatic rings. The summed E-state index contributed by atoms with van der Waals surface area (Å²) in [6, 6.07) is 0. The minimum absolute atomic E-state index is 0.153. The van der Waals surface area contributed by atoms with Crippen molar-refractivity contribution in [2.75, 3.05) is 0 Å². The van der Waals surface area contributed by atoms with Gasteiger partial charge in [-0.25, -0.2) is 4.79 Å². The lowest BCUT2D eigenvalue weighted by molar-refractivity contribution is -0.167. The minimum Gasteiger partial charge on any atom is -0.479 e. The maximum Gasteiger partial charge on any atom is 0.329 e. The van der Waals surface area contributed by atoms with Gasteiger partial charge >= 0.3 is 5.97 Å². The molecule has 0 heterocycles. The first kappa shape index (κ1) is 11.1. The SMILES string of the molecule is CC(=O)NC1(C(=O)O)C2CC3CC(C2)CC1C3. The molecule has 0 unspecified atom stereocenters. The summed E-state index contributed by atoms with van der Waals surface area (Å²) in [6.45, 7) is 1.43. The second-order valence-electron chi connectivity index (χ2n) is 6.16. The van der Waals surface area contributed by atoms with E-state index in [9.17, 15) is 14.7 Å². The van der Waals surface area contributed by atoms with Crippen LogP contribution in [0.2, 0.25) is 0 Å². The Balaban J connectivity index is 1.98. The zero-order valence-corrected chi connectivity index (χ0v) is 10.1. The summed E-state index contributed by atoms with van der Waals surface area (Å²) in [5.41, 5.74) is -0.959. The molecule has 17 heavy (non-hydrogen) atoms. The lowest BCUT2D eigenvalue weighted by Crippen LogP contribution is -2.69. The fourth-order valence-corrected chi connectivity index (χ4v) is 4.83. The molecule has 94 valence electrons. The van der Waals surface area contributed by atoms with E-state index in [2.05, 4.69) is 5.32 Å². The Bertz CT molecular complexity index is 349. The van der Waals surface area contributed by atoms with Gasteiger partial charge in [-0.2, -0.15) is 0 Å². The van der Waals surface area contributed by atoms with Crippen molar-refractivity contribution in [3.8, 4) is 0 Å². The molecule has 0 spiro atoms. The van der Waals surface area contributed by atoms with Gasteiger partial charge in [-0.1, -0.05) is 0 Å². The first-order valence-corrected chi connectivity index (χ1v) is 6.54. The van der Waals surface area contributed by atoms with E-state index in [1.54, 1.807) is 0 Å². The van der Waals surface area contributed by atoms with Crippen LogP contribution in [-0.2, 0) is 9.59 Å². The lowest BCUT2D eigenvalue weighted by Gasteiger charge is -2.59. The van der Waals surface area contributed by atoms with Gasteiger partial charge in [0.05, 0.1) is 0 Å². The molecule has 4 bridgehead atoms. The van der Waals surface area contributed by atoms with Crippen LogP contribution in [0.25, 0.3) is 0 Å². The van der Waals surface area contributed by atoms with E-state index in [4.69, 9.17) is 0 Å². The van der Waals surface area contributed by atoms with Crippen LogP contribution in [0.3, 0.4) is 0 Å². The number of amides is 1. The maximum atomic E-state index is 11.7. The van der Waals surface area contributed by atoms with Gasteiger partial charge in [-0.05, 0) is 55.8 Å². The van der Waals surface area contributed by atoms with Crippen LogP contribution < -0.4 is 5.32 Å². The van der Waals surface area contributed by atoms with Gasteiger partial charge in [0.2, 0.25) is 5.91 Å². The van der Waals surface area contributed by atoms with Crippen LogP contribution in [0.15, 0.2) is 0 Å². The number of aliphatic carboxylic acids is 1. The van der Waals surface area contributed by atoms with Gasteiger partial charge in [0.1, 0.15) is 5.54 Å². The van der Waals surface area contributed by atoms with Crippen molar-refractivity contribution < 1.29 is 14.7 Å². The zero-order valence-electron chi connectivity index (χ0n) is 10.1. The molecule has 4 rings (SSSR count). The van der Waals surface area contributed by atoms with Gasteiger partial charge in [0.15, 0.2) is 0 Å². The van der Waals surface area contributed by atoms with Gasteiger partial charge in [-0.3, -0.25) is 4.79 Å². The van der Waals surface area contributed by atoms with Crippen LogP contribution in [0, 0.1) is 23.7 Å². The number of carbonyl (C=O) groups is 2. The van der Waals surface area contributed by atoms with Crippen LogP contribution in [-0.4, -0.2) is 22.5 Å². The quantitative estimate of drug-likeness (QED) is 0.763. The first-order chi connectivity index (χ1) is 8.02. The molecule has 0 aromatic carbocycles. The van der Waals surface area contributed by atoms with Gasteiger partial charge in [0, 0.05) is 6.92 Å². The van der Waals surface area contributed by atoms with Crippen molar-refractivity contribution in [3.05, 3.63) is 0 Å². The average molecular weight is 237 g/mol. The molecule has 0 saturated heterocycles. The summed E-state index contributed by atoms with van der Waals surface area (Å²) in [6.07, 6.45) is 5.22. The van der Waals surface area contributed by atoms with Crippen molar-refractivity contribution in [1.82, 2.24) is 5.32 Å². The van der Waals surface area contributed by atoms with Crippen molar-refractivity contribution in [2.45, 2.75) is 44.6 Å². The van der Waals surface area contributed by atoms with E-state index >= 15 is 0 Å². The Morgan fingerprint density at radius 1 is 1.06 bits per heavy atom.